The van der Waals surface area contributed by atoms with E-state index in [9.17, 15) is 0 Å². The highest BCUT2D eigenvalue weighted by molar-refractivity contribution is 5.59. The highest BCUT2D eigenvalue weighted by Crippen LogP contribution is 2.24. The average molecular weight is 243 g/mol. The minimum atomic E-state index is 0.504. The van der Waals surface area contributed by atoms with Crippen LogP contribution in [0.1, 0.15) is 36.8 Å². The fraction of sp³-hybridized carbons (Fsp3) is 0.533. The summed E-state index contributed by atoms with van der Waals surface area (Å²) in [6.45, 7) is 2.02. The summed E-state index contributed by atoms with van der Waals surface area (Å²) in [7, 11) is 2.03. The molecule has 1 aromatic carbocycles. The second kappa shape index (κ2) is 5.88. The molecule has 18 heavy (non-hydrogen) atoms. The van der Waals surface area contributed by atoms with Crippen molar-refractivity contribution in [1.82, 2.24) is 5.32 Å². The maximum absolute atomic E-state index is 9.15. The Morgan fingerprint density at radius 3 is 2.44 bits per heavy atom. The normalized spacial score (nSPS) is 23.4. The molecule has 0 bridgehead atoms. The standard InChI is InChI=1S/C15H21N3/c1-11-3-8-15(12(9-11)10-16)18-14-6-4-13(17-2)5-7-14/h3,8-9,13-14,17-18H,4-7H2,1-2H3. The Labute approximate surface area is 109 Å². The lowest BCUT2D eigenvalue weighted by atomic mass is 9.91. The second-order valence-electron chi connectivity index (χ2n) is 5.14. The lowest BCUT2D eigenvalue weighted by Crippen LogP contribution is -2.35. The van der Waals surface area contributed by atoms with Gasteiger partial charge in [-0.15, -0.1) is 0 Å². The molecule has 2 rings (SSSR count). The number of hydrogen-bond acceptors (Lipinski definition) is 3. The van der Waals surface area contributed by atoms with E-state index in [0.29, 0.717) is 12.1 Å². The first kappa shape index (κ1) is 12.9. The van der Waals surface area contributed by atoms with Crippen molar-refractivity contribution >= 4 is 5.69 Å². The van der Waals surface area contributed by atoms with Crippen molar-refractivity contribution in [1.29, 1.82) is 5.26 Å². The Bertz CT molecular complexity index is 440. The van der Waals surface area contributed by atoms with Gasteiger partial charge < -0.3 is 10.6 Å². The first-order valence-corrected chi connectivity index (χ1v) is 6.67. The van der Waals surface area contributed by atoms with Crippen LogP contribution in [-0.4, -0.2) is 19.1 Å². The van der Waals surface area contributed by atoms with Crippen molar-refractivity contribution in [2.75, 3.05) is 12.4 Å². The number of aryl methyl sites for hydroxylation is 1. The summed E-state index contributed by atoms with van der Waals surface area (Å²) in [5.74, 6) is 0. The molecule has 0 atom stereocenters. The molecule has 96 valence electrons. The van der Waals surface area contributed by atoms with Gasteiger partial charge in [0.25, 0.3) is 0 Å². The van der Waals surface area contributed by atoms with Gasteiger partial charge in [0.2, 0.25) is 0 Å². The minimum Gasteiger partial charge on any atom is -0.381 e. The van der Waals surface area contributed by atoms with Crippen LogP contribution in [0.5, 0.6) is 0 Å². The smallest absolute Gasteiger partial charge is 0.101 e. The number of hydrogen-bond donors (Lipinski definition) is 2. The van der Waals surface area contributed by atoms with Crippen LogP contribution in [0.2, 0.25) is 0 Å². The molecule has 1 fully saturated rings. The summed E-state index contributed by atoms with van der Waals surface area (Å²) >= 11 is 0. The number of benzene rings is 1. The van der Waals surface area contributed by atoms with E-state index in [1.807, 2.05) is 26.1 Å². The lowest BCUT2D eigenvalue weighted by molar-refractivity contribution is 0.371. The molecule has 1 aromatic rings. The quantitative estimate of drug-likeness (QED) is 0.858. The third-order valence-corrected chi connectivity index (χ3v) is 3.79. The van der Waals surface area contributed by atoms with Crippen LogP contribution in [0, 0.1) is 18.3 Å². The third-order valence-electron chi connectivity index (χ3n) is 3.79. The summed E-state index contributed by atoms with van der Waals surface area (Å²) < 4.78 is 0. The van der Waals surface area contributed by atoms with Gasteiger partial charge in [-0.25, -0.2) is 0 Å². The van der Waals surface area contributed by atoms with Crippen LogP contribution in [-0.2, 0) is 0 Å². The summed E-state index contributed by atoms with van der Waals surface area (Å²) in [5.41, 5.74) is 2.87. The van der Waals surface area contributed by atoms with E-state index >= 15 is 0 Å². The highest BCUT2D eigenvalue weighted by atomic mass is 14.9. The summed E-state index contributed by atoms with van der Waals surface area (Å²) in [4.78, 5) is 0. The van der Waals surface area contributed by atoms with Gasteiger partial charge >= 0.3 is 0 Å². The van der Waals surface area contributed by atoms with Gasteiger partial charge in [-0.05, 0) is 57.4 Å². The van der Waals surface area contributed by atoms with Gasteiger partial charge in [-0.1, -0.05) is 6.07 Å². The van der Waals surface area contributed by atoms with Gasteiger partial charge in [0.05, 0.1) is 11.3 Å². The van der Waals surface area contributed by atoms with E-state index in [2.05, 4.69) is 22.8 Å². The largest absolute Gasteiger partial charge is 0.381 e. The number of nitrogens with one attached hydrogen (secondary N) is 2. The number of anilines is 1. The molecule has 0 radical (unpaired) electrons. The van der Waals surface area contributed by atoms with Crippen molar-refractivity contribution < 1.29 is 0 Å². The number of nitrogens with zero attached hydrogens (tertiary/aromatic N) is 1. The molecule has 0 unspecified atom stereocenters. The van der Waals surface area contributed by atoms with Gasteiger partial charge in [0.15, 0.2) is 0 Å². The zero-order valence-corrected chi connectivity index (χ0v) is 11.2. The van der Waals surface area contributed by atoms with Gasteiger partial charge in [0.1, 0.15) is 6.07 Å². The summed E-state index contributed by atoms with van der Waals surface area (Å²) in [6, 6.07) is 9.47. The van der Waals surface area contributed by atoms with Crippen LogP contribution in [0.15, 0.2) is 18.2 Å². The predicted molar refractivity (Wildman–Crippen MR) is 74.6 cm³/mol. The first-order chi connectivity index (χ1) is 8.72. The second-order valence-corrected chi connectivity index (χ2v) is 5.14. The van der Waals surface area contributed by atoms with Crippen molar-refractivity contribution in [3.8, 4) is 6.07 Å². The fourth-order valence-corrected chi connectivity index (χ4v) is 2.62. The SMILES string of the molecule is CNC1CCC(Nc2ccc(C)cc2C#N)CC1. The van der Waals surface area contributed by atoms with E-state index in [-0.39, 0.29) is 0 Å². The van der Waals surface area contributed by atoms with Crippen LogP contribution in [0.4, 0.5) is 5.69 Å². The van der Waals surface area contributed by atoms with E-state index < -0.39 is 0 Å². The maximum Gasteiger partial charge on any atom is 0.101 e. The molecule has 1 saturated carbocycles. The Balaban J connectivity index is 2.00. The van der Waals surface area contributed by atoms with Crippen LogP contribution >= 0.6 is 0 Å². The number of rotatable bonds is 3. The minimum absolute atomic E-state index is 0.504. The van der Waals surface area contributed by atoms with Gasteiger partial charge in [-0.3, -0.25) is 0 Å². The summed E-state index contributed by atoms with van der Waals surface area (Å²) in [5, 5.41) is 16.0. The third kappa shape index (κ3) is 3.02. The fourth-order valence-electron chi connectivity index (χ4n) is 2.62. The molecule has 0 amide bonds. The Kier molecular flexibility index (Phi) is 4.22. The zero-order chi connectivity index (χ0) is 13.0. The van der Waals surface area contributed by atoms with E-state index in [0.717, 1.165) is 16.8 Å². The molecule has 3 heteroatoms. The molecule has 0 aromatic heterocycles. The Morgan fingerprint density at radius 2 is 1.83 bits per heavy atom. The first-order valence-electron chi connectivity index (χ1n) is 6.67. The molecular weight excluding hydrogens is 222 g/mol. The van der Waals surface area contributed by atoms with Crippen molar-refractivity contribution in [2.24, 2.45) is 0 Å². The highest BCUT2D eigenvalue weighted by Gasteiger charge is 2.20. The van der Waals surface area contributed by atoms with Gasteiger partial charge in [-0.2, -0.15) is 5.26 Å². The maximum atomic E-state index is 9.15. The average Bonchev–Trinajstić information content (AvgIpc) is 2.41. The molecule has 1 aliphatic carbocycles. The van der Waals surface area contributed by atoms with E-state index in [1.165, 1.54) is 25.7 Å². The molecule has 0 spiro atoms. The van der Waals surface area contributed by atoms with Crippen molar-refractivity contribution in [2.45, 2.75) is 44.7 Å². The lowest BCUT2D eigenvalue weighted by Gasteiger charge is -2.29. The summed E-state index contributed by atoms with van der Waals surface area (Å²) in [6.07, 6.45) is 4.76. The molecule has 3 nitrogen and oxygen atoms in total. The van der Waals surface area contributed by atoms with Crippen LogP contribution in [0.25, 0.3) is 0 Å². The molecule has 0 saturated heterocycles. The van der Waals surface area contributed by atoms with E-state index in [1.54, 1.807) is 0 Å². The predicted octanol–water partition coefficient (Wildman–Crippen LogP) is 2.81. The van der Waals surface area contributed by atoms with Crippen molar-refractivity contribution in [3.63, 3.8) is 0 Å². The Morgan fingerprint density at radius 1 is 1.17 bits per heavy atom. The molecule has 0 aliphatic heterocycles. The van der Waals surface area contributed by atoms with E-state index in [4.69, 9.17) is 5.26 Å². The molecule has 0 heterocycles. The van der Waals surface area contributed by atoms with Crippen molar-refractivity contribution in [3.05, 3.63) is 29.3 Å². The van der Waals surface area contributed by atoms with Crippen LogP contribution in [0.3, 0.4) is 0 Å². The zero-order valence-electron chi connectivity index (χ0n) is 11.2. The molecule has 1 aliphatic rings. The monoisotopic (exact) mass is 243 g/mol. The topological polar surface area (TPSA) is 47.8 Å². The number of nitriles is 1. The van der Waals surface area contributed by atoms with Crippen LogP contribution < -0.4 is 10.6 Å². The molecule has 2 N–H and O–H groups in total. The molecular formula is C15H21N3. The van der Waals surface area contributed by atoms with Gasteiger partial charge in [0, 0.05) is 12.1 Å². The Hall–Kier alpha value is -1.53.